The van der Waals surface area contributed by atoms with Crippen LogP contribution in [0.25, 0.3) is 0 Å². The lowest BCUT2D eigenvalue weighted by Crippen LogP contribution is -2.13. The van der Waals surface area contributed by atoms with Crippen LogP contribution in [0, 0.1) is 17.8 Å². The second kappa shape index (κ2) is 7.05. The average Bonchev–Trinajstić information content (AvgIpc) is 2.64. The molecule has 0 fully saturated rings. The molecule has 1 aromatic heterocycles. The summed E-state index contributed by atoms with van der Waals surface area (Å²) >= 11 is 1.34. The Morgan fingerprint density at radius 2 is 2.41 bits per heavy atom. The van der Waals surface area contributed by atoms with E-state index in [1.165, 1.54) is 11.3 Å². The van der Waals surface area contributed by atoms with E-state index < -0.39 is 0 Å². The molecule has 1 aromatic rings. The van der Waals surface area contributed by atoms with Crippen molar-refractivity contribution in [1.29, 1.82) is 0 Å². The quantitative estimate of drug-likeness (QED) is 0.804. The molecular weight excluding hydrogens is 236 g/mol. The van der Waals surface area contributed by atoms with Crippen LogP contribution in [0.1, 0.15) is 31.6 Å². The molecular formula is C12H16N2O2S. The van der Waals surface area contributed by atoms with Crippen LogP contribution in [-0.2, 0) is 4.79 Å². The predicted molar refractivity (Wildman–Crippen MR) is 68.8 cm³/mol. The van der Waals surface area contributed by atoms with Gasteiger partial charge in [0.05, 0.1) is 17.7 Å². The third kappa shape index (κ3) is 5.48. The zero-order valence-corrected chi connectivity index (χ0v) is 10.8. The van der Waals surface area contributed by atoms with Gasteiger partial charge in [-0.15, -0.1) is 0 Å². The zero-order chi connectivity index (χ0) is 12.7. The maximum absolute atomic E-state index is 11.5. The SMILES string of the molecule is CC(C)CC(=O)Nc1ncc(C#CCCO)s1. The van der Waals surface area contributed by atoms with Gasteiger partial charge in [0.1, 0.15) is 0 Å². The van der Waals surface area contributed by atoms with Crippen LogP contribution in [-0.4, -0.2) is 22.6 Å². The maximum atomic E-state index is 11.5. The number of anilines is 1. The number of carbonyl (C=O) groups is 1. The van der Waals surface area contributed by atoms with Crippen molar-refractivity contribution in [2.75, 3.05) is 11.9 Å². The Balaban J connectivity index is 2.52. The van der Waals surface area contributed by atoms with Crippen LogP contribution in [0.5, 0.6) is 0 Å². The predicted octanol–water partition coefficient (Wildman–Crippen LogP) is 1.86. The molecule has 0 aliphatic rings. The highest BCUT2D eigenvalue weighted by atomic mass is 32.1. The summed E-state index contributed by atoms with van der Waals surface area (Å²) in [6, 6.07) is 0. The van der Waals surface area contributed by atoms with E-state index in [0.717, 1.165) is 4.88 Å². The molecule has 0 spiro atoms. The van der Waals surface area contributed by atoms with Gasteiger partial charge in [-0.05, 0) is 5.92 Å². The van der Waals surface area contributed by atoms with Gasteiger partial charge in [0.15, 0.2) is 5.13 Å². The van der Waals surface area contributed by atoms with Crippen LogP contribution in [0.2, 0.25) is 0 Å². The Morgan fingerprint density at radius 1 is 1.65 bits per heavy atom. The van der Waals surface area contributed by atoms with Crippen LogP contribution in [0.3, 0.4) is 0 Å². The van der Waals surface area contributed by atoms with Crippen molar-refractivity contribution in [3.8, 4) is 11.8 Å². The highest BCUT2D eigenvalue weighted by Gasteiger charge is 2.07. The molecule has 17 heavy (non-hydrogen) atoms. The fraction of sp³-hybridized carbons (Fsp3) is 0.500. The third-order valence-electron chi connectivity index (χ3n) is 1.79. The summed E-state index contributed by atoms with van der Waals surface area (Å²) in [4.78, 5) is 16.3. The molecule has 4 nitrogen and oxygen atoms in total. The number of aromatic nitrogens is 1. The van der Waals surface area contributed by atoms with Gasteiger partial charge in [0.25, 0.3) is 0 Å². The van der Waals surface area contributed by atoms with E-state index in [4.69, 9.17) is 5.11 Å². The minimum absolute atomic E-state index is 0.0239. The molecule has 0 bridgehead atoms. The normalized spacial score (nSPS) is 9.88. The summed E-state index contributed by atoms with van der Waals surface area (Å²) in [5, 5.41) is 11.9. The van der Waals surface area contributed by atoms with Crippen molar-refractivity contribution >= 4 is 22.4 Å². The molecule has 5 heteroatoms. The smallest absolute Gasteiger partial charge is 0.226 e. The number of amides is 1. The molecule has 1 heterocycles. The lowest BCUT2D eigenvalue weighted by atomic mass is 10.1. The fourth-order valence-corrected chi connectivity index (χ4v) is 1.84. The number of hydrogen-bond donors (Lipinski definition) is 2. The van der Waals surface area contributed by atoms with Crippen molar-refractivity contribution in [3.05, 3.63) is 11.1 Å². The van der Waals surface area contributed by atoms with E-state index in [9.17, 15) is 4.79 Å². The van der Waals surface area contributed by atoms with Gasteiger partial charge < -0.3 is 10.4 Å². The molecule has 2 N–H and O–H groups in total. The van der Waals surface area contributed by atoms with Crippen LogP contribution < -0.4 is 5.32 Å². The molecule has 0 radical (unpaired) electrons. The second-order valence-corrected chi connectivity index (χ2v) is 4.98. The number of nitrogens with zero attached hydrogens (tertiary/aromatic N) is 1. The van der Waals surface area contributed by atoms with Crippen LogP contribution in [0.15, 0.2) is 6.20 Å². The highest BCUT2D eigenvalue weighted by molar-refractivity contribution is 7.16. The van der Waals surface area contributed by atoms with Gasteiger partial charge in [-0.25, -0.2) is 4.98 Å². The number of aliphatic hydroxyl groups is 1. The number of thiazole rings is 1. The Hall–Kier alpha value is -1.38. The topological polar surface area (TPSA) is 62.2 Å². The van der Waals surface area contributed by atoms with Crippen molar-refractivity contribution < 1.29 is 9.90 Å². The molecule has 0 unspecified atom stereocenters. The van der Waals surface area contributed by atoms with E-state index in [0.29, 0.717) is 23.9 Å². The molecule has 0 aliphatic heterocycles. The van der Waals surface area contributed by atoms with Crippen molar-refractivity contribution in [3.63, 3.8) is 0 Å². The summed E-state index contributed by atoms with van der Waals surface area (Å²) in [7, 11) is 0. The summed E-state index contributed by atoms with van der Waals surface area (Å²) < 4.78 is 0. The summed E-state index contributed by atoms with van der Waals surface area (Å²) in [5.41, 5.74) is 0. The van der Waals surface area contributed by atoms with Crippen LogP contribution in [0.4, 0.5) is 5.13 Å². The van der Waals surface area contributed by atoms with Crippen molar-refractivity contribution in [1.82, 2.24) is 4.98 Å². The Labute approximate surface area is 105 Å². The number of hydrogen-bond acceptors (Lipinski definition) is 4. The lowest BCUT2D eigenvalue weighted by molar-refractivity contribution is -0.116. The third-order valence-corrected chi connectivity index (χ3v) is 2.62. The largest absolute Gasteiger partial charge is 0.395 e. The Morgan fingerprint density at radius 3 is 3.06 bits per heavy atom. The molecule has 1 rings (SSSR count). The zero-order valence-electron chi connectivity index (χ0n) is 9.99. The molecule has 92 valence electrons. The number of carbonyl (C=O) groups excluding carboxylic acids is 1. The van der Waals surface area contributed by atoms with Gasteiger partial charge in [0, 0.05) is 12.8 Å². The molecule has 1 amide bonds. The molecule has 0 aliphatic carbocycles. The van der Waals surface area contributed by atoms with Gasteiger partial charge in [-0.1, -0.05) is 37.0 Å². The van der Waals surface area contributed by atoms with E-state index in [2.05, 4.69) is 22.1 Å². The minimum Gasteiger partial charge on any atom is -0.395 e. The molecule has 0 aromatic carbocycles. The fourth-order valence-electron chi connectivity index (χ4n) is 1.14. The van der Waals surface area contributed by atoms with E-state index in [1.807, 2.05) is 13.8 Å². The highest BCUT2D eigenvalue weighted by Crippen LogP contribution is 2.17. The number of nitrogens with one attached hydrogen (secondary N) is 1. The van der Waals surface area contributed by atoms with E-state index >= 15 is 0 Å². The average molecular weight is 252 g/mol. The molecule has 0 saturated carbocycles. The first-order valence-electron chi connectivity index (χ1n) is 5.47. The number of aliphatic hydroxyl groups excluding tert-OH is 1. The summed E-state index contributed by atoms with van der Waals surface area (Å²) in [6.07, 6.45) is 2.57. The standard InChI is InChI=1S/C12H16N2O2S/c1-9(2)7-11(16)14-12-13-8-10(17-12)5-3-4-6-15/h8-9,15H,4,6-7H2,1-2H3,(H,13,14,16). The molecule has 0 atom stereocenters. The minimum atomic E-state index is -0.0239. The van der Waals surface area contributed by atoms with Gasteiger partial charge >= 0.3 is 0 Å². The van der Waals surface area contributed by atoms with Gasteiger partial charge in [-0.2, -0.15) is 0 Å². The first-order valence-corrected chi connectivity index (χ1v) is 6.29. The molecule has 0 saturated heterocycles. The first-order chi connectivity index (χ1) is 8.11. The van der Waals surface area contributed by atoms with Crippen molar-refractivity contribution in [2.24, 2.45) is 5.92 Å². The lowest BCUT2D eigenvalue weighted by Gasteiger charge is -2.03. The summed E-state index contributed by atoms with van der Waals surface area (Å²) in [5.74, 6) is 5.99. The van der Waals surface area contributed by atoms with E-state index in [-0.39, 0.29) is 12.5 Å². The second-order valence-electron chi connectivity index (χ2n) is 3.95. The maximum Gasteiger partial charge on any atom is 0.226 e. The Bertz CT molecular complexity index is 429. The van der Waals surface area contributed by atoms with Gasteiger partial charge in [-0.3, -0.25) is 4.79 Å². The van der Waals surface area contributed by atoms with Gasteiger partial charge in [0.2, 0.25) is 5.91 Å². The van der Waals surface area contributed by atoms with Crippen LogP contribution >= 0.6 is 11.3 Å². The monoisotopic (exact) mass is 252 g/mol. The summed E-state index contributed by atoms with van der Waals surface area (Å²) in [6.45, 7) is 4.05. The van der Waals surface area contributed by atoms with E-state index in [1.54, 1.807) is 6.20 Å². The number of rotatable bonds is 4. The first kappa shape index (κ1) is 13.7. The van der Waals surface area contributed by atoms with Crippen molar-refractivity contribution in [2.45, 2.75) is 26.7 Å². The Kier molecular flexibility index (Phi) is 5.67.